The fourth-order valence-corrected chi connectivity index (χ4v) is 2.74. The van der Waals surface area contributed by atoms with Crippen LogP contribution in [0.4, 0.5) is 10.2 Å². The van der Waals surface area contributed by atoms with Gasteiger partial charge in [-0.25, -0.2) is 9.37 Å². The summed E-state index contributed by atoms with van der Waals surface area (Å²) in [4.78, 5) is 9.00. The molecule has 0 radical (unpaired) electrons. The highest BCUT2D eigenvalue weighted by Crippen LogP contribution is 2.19. The minimum atomic E-state index is -0.299. The van der Waals surface area contributed by atoms with E-state index in [0.717, 1.165) is 44.1 Å². The molecule has 1 saturated heterocycles. The fraction of sp³-hybridized carbons (Fsp3) is 0.353. The molecule has 1 aromatic carbocycles. The maximum absolute atomic E-state index is 13.7. The molecular formula is C17H20FN3O. The summed E-state index contributed by atoms with van der Waals surface area (Å²) in [5.41, 5.74) is 0.976. The average molecular weight is 301 g/mol. The Morgan fingerprint density at radius 3 is 2.59 bits per heavy atom. The van der Waals surface area contributed by atoms with Crippen molar-refractivity contribution in [1.29, 1.82) is 0 Å². The number of piperazine rings is 1. The molecule has 1 aliphatic rings. The van der Waals surface area contributed by atoms with Crippen molar-refractivity contribution < 1.29 is 9.13 Å². The summed E-state index contributed by atoms with van der Waals surface area (Å²) < 4.78 is 18.7. The second kappa shape index (κ2) is 6.75. The van der Waals surface area contributed by atoms with Gasteiger partial charge in [0.25, 0.3) is 0 Å². The number of nitrogens with zero attached hydrogens (tertiary/aromatic N) is 3. The second-order valence-corrected chi connectivity index (χ2v) is 5.42. The summed E-state index contributed by atoms with van der Waals surface area (Å²) in [5.74, 6) is 1.02. The molecule has 5 heteroatoms. The van der Waals surface area contributed by atoms with Crippen LogP contribution in [-0.4, -0.2) is 43.2 Å². The molecule has 0 unspecified atom stereocenters. The van der Waals surface area contributed by atoms with Gasteiger partial charge in [0.15, 0.2) is 11.6 Å². The zero-order chi connectivity index (χ0) is 15.4. The fourth-order valence-electron chi connectivity index (χ4n) is 2.74. The van der Waals surface area contributed by atoms with E-state index in [4.69, 9.17) is 4.74 Å². The normalized spacial score (nSPS) is 15.8. The number of pyridine rings is 1. The Kier molecular flexibility index (Phi) is 4.53. The lowest BCUT2D eigenvalue weighted by molar-refractivity contribution is 0.249. The second-order valence-electron chi connectivity index (χ2n) is 5.42. The quantitative estimate of drug-likeness (QED) is 0.868. The number of aromatic nitrogens is 1. The Labute approximate surface area is 130 Å². The summed E-state index contributed by atoms with van der Waals surface area (Å²) in [6, 6.07) is 11.1. The number of rotatable bonds is 4. The number of benzene rings is 1. The van der Waals surface area contributed by atoms with Crippen molar-refractivity contribution in [1.82, 2.24) is 9.88 Å². The first-order valence-electron chi connectivity index (χ1n) is 7.47. The van der Waals surface area contributed by atoms with Gasteiger partial charge >= 0.3 is 0 Å². The maximum Gasteiger partial charge on any atom is 0.165 e. The first-order valence-corrected chi connectivity index (χ1v) is 7.47. The van der Waals surface area contributed by atoms with Crippen molar-refractivity contribution in [3.8, 4) is 5.75 Å². The molecule has 0 N–H and O–H groups in total. The molecule has 22 heavy (non-hydrogen) atoms. The van der Waals surface area contributed by atoms with Crippen LogP contribution in [0.5, 0.6) is 5.75 Å². The van der Waals surface area contributed by atoms with Crippen LogP contribution < -0.4 is 9.64 Å². The molecule has 0 saturated carbocycles. The smallest absolute Gasteiger partial charge is 0.165 e. The van der Waals surface area contributed by atoms with Crippen LogP contribution in [0.1, 0.15) is 5.56 Å². The van der Waals surface area contributed by atoms with E-state index in [2.05, 4.69) is 14.8 Å². The largest absolute Gasteiger partial charge is 0.494 e. The van der Waals surface area contributed by atoms with Gasteiger partial charge in [-0.2, -0.15) is 0 Å². The maximum atomic E-state index is 13.7. The average Bonchev–Trinajstić information content (AvgIpc) is 2.57. The lowest BCUT2D eigenvalue weighted by Gasteiger charge is -2.35. The van der Waals surface area contributed by atoms with E-state index in [1.54, 1.807) is 12.1 Å². The van der Waals surface area contributed by atoms with Gasteiger partial charge in [-0.15, -0.1) is 0 Å². The van der Waals surface area contributed by atoms with Crippen LogP contribution in [0.25, 0.3) is 0 Å². The van der Waals surface area contributed by atoms with Crippen LogP contribution in [0.3, 0.4) is 0 Å². The number of hydrogen-bond donors (Lipinski definition) is 0. The number of methoxy groups -OCH3 is 1. The molecule has 2 heterocycles. The lowest BCUT2D eigenvalue weighted by atomic mass is 10.2. The minimum absolute atomic E-state index is 0.295. The van der Waals surface area contributed by atoms with E-state index in [9.17, 15) is 4.39 Å². The molecule has 1 fully saturated rings. The Morgan fingerprint density at radius 1 is 1.14 bits per heavy atom. The summed E-state index contributed by atoms with van der Waals surface area (Å²) in [6.45, 7) is 4.54. The van der Waals surface area contributed by atoms with Gasteiger partial charge in [-0.1, -0.05) is 12.1 Å². The topological polar surface area (TPSA) is 28.6 Å². The molecule has 0 atom stereocenters. The van der Waals surface area contributed by atoms with Gasteiger partial charge in [-0.05, 0) is 29.8 Å². The number of ether oxygens (including phenoxy) is 1. The van der Waals surface area contributed by atoms with Crippen LogP contribution in [0.15, 0.2) is 42.6 Å². The summed E-state index contributed by atoms with van der Waals surface area (Å²) in [5, 5.41) is 0. The van der Waals surface area contributed by atoms with Gasteiger partial charge in [0, 0.05) is 38.9 Å². The third-order valence-corrected chi connectivity index (χ3v) is 3.97. The van der Waals surface area contributed by atoms with Crippen LogP contribution >= 0.6 is 0 Å². The number of hydrogen-bond acceptors (Lipinski definition) is 4. The summed E-state index contributed by atoms with van der Waals surface area (Å²) in [6.07, 6.45) is 1.82. The molecule has 0 aliphatic carbocycles. The highest BCUT2D eigenvalue weighted by molar-refractivity contribution is 5.38. The number of halogens is 1. The van der Waals surface area contributed by atoms with E-state index in [1.807, 2.05) is 30.5 Å². The van der Waals surface area contributed by atoms with Crippen molar-refractivity contribution in [2.24, 2.45) is 0 Å². The van der Waals surface area contributed by atoms with Crippen molar-refractivity contribution >= 4 is 5.82 Å². The van der Waals surface area contributed by atoms with Gasteiger partial charge in [0.05, 0.1) is 7.11 Å². The van der Waals surface area contributed by atoms with E-state index >= 15 is 0 Å². The summed E-state index contributed by atoms with van der Waals surface area (Å²) in [7, 11) is 1.48. The zero-order valence-electron chi connectivity index (χ0n) is 12.7. The van der Waals surface area contributed by atoms with Gasteiger partial charge in [0.2, 0.25) is 0 Å². The molecule has 2 aromatic rings. The Balaban J connectivity index is 1.57. The van der Waals surface area contributed by atoms with Crippen LogP contribution in [0.2, 0.25) is 0 Å². The van der Waals surface area contributed by atoms with Gasteiger partial charge < -0.3 is 9.64 Å². The van der Waals surface area contributed by atoms with Crippen molar-refractivity contribution in [2.45, 2.75) is 6.54 Å². The highest BCUT2D eigenvalue weighted by atomic mass is 19.1. The zero-order valence-corrected chi connectivity index (χ0v) is 12.7. The minimum Gasteiger partial charge on any atom is -0.494 e. The molecule has 0 amide bonds. The standard InChI is InChI=1S/C17H20FN3O/c1-22-16-6-5-14(12-15(16)18)13-20-8-10-21(11-9-20)17-4-2-3-7-19-17/h2-7,12H,8-11,13H2,1H3. The molecule has 0 bridgehead atoms. The summed E-state index contributed by atoms with van der Waals surface area (Å²) >= 11 is 0. The lowest BCUT2D eigenvalue weighted by Crippen LogP contribution is -2.46. The monoisotopic (exact) mass is 301 g/mol. The van der Waals surface area contributed by atoms with Gasteiger partial charge in [0.1, 0.15) is 5.82 Å². The Morgan fingerprint density at radius 2 is 1.95 bits per heavy atom. The SMILES string of the molecule is COc1ccc(CN2CCN(c3ccccn3)CC2)cc1F. The predicted octanol–water partition coefficient (Wildman–Crippen LogP) is 2.55. The van der Waals surface area contributed by atoms with Crippen molar-refractivity contribution in [3.63, 3.8) is 0 Å². The van der Waals surface area contributed by atoms with Crippen LogP contribution in [0, 0.1) is 5.82 Å². The van der Waals surface area contributed by atoms with Crippen LogP contribution in [-0.2, 0) is 6.54 Å². The molecule has 0 spiro atoms. The highest BCUT2D eigenvalue weighted by Gasteiger charge is 2.18. The third kappa shape index (κ3) is 3.36. The molecule has 3 rings (SSSR count). The predicted molar refractivity (Wildman–Crippen MR) is 84.7 cm³/mol. The van der Waals surface area contributed by atoms with E-state index < -0.39 is 0 Å². The number of anilines is 1. The van der Waals surface area contributed by atoms with Crippen molar-refractivity contribution in [2.75, 3.05) is 38.2 Å². The van der Waals surface area contributed by atoms with E-state index in [-0.39, 0.29) is 5.82 Å². The van der Waals surface area contributed by atoms with E-state index in [1.165, 1.54) is 7.11 Å². The third-order valence-electron chi connectivity index (χ3n) is 3.97. The molecule has 4 nitrogen and oxygen atoms in total. The van der Waals surface area contributed by atoms with Crippen molar-refractivity contribution in [3.05, 3.63) is 54.0 Å². The Bertz CT molecular complexity index is 613. The Hall–Kier alpha value is -2.14. The van der Waals surface area contributed by atoms with Gasteiger partial charge in [-0.3, -0.25) is 4.90 Å². The first kappa shape index (κ1) is 14.8. The molecule has 1 aromatic heterocycles. The molecular weight excluding hydrogens is 281 g/mol. The molecule has 1 aliphatic heterocycles. The molecule has 116 valence electrons. The first-order chi connectivity index (χ1) is 10.8. The van der Waals surface area contributed by atoms with E-state index in [0.29, 0.717) is 5.75 Å².